The number of methoxy groups -OCH3 is 1. The molecule has 2 N–H and O–H groups in total. The third kappa shape index (κ3) is 4.42. The Morgan fingerprint density at radius 3 is 2.71 bits per heavy atom. The van der Waals surface area contributed by atoms with Crippen molar-refractivity contribution in [3.63, 3.8) is 0 Å². The van der Waals surface area contributed by atoms with E-state index in [0.717, 1.165) is 0 Å². The van der Waals surface area contributed by atoms with E-state index in [-0.39, 0.29) is 23.8 Å². The predicted molar refractivity (Wildman–Crippen MR) is 86.8 cm³/mol. The second-order valence-electron chi connectivity index (χ2n) is 4.86. The molecule has 0 aliphatic heterocycles. The van der Waals surface area contributed by atoms with Crippen LogP contribution in [0.1, 0.15) is 5.56 Å². The van der Waals surface area contributed by atoms with E-state index < -0.39 is 11.0 Å². The fraction of sp³-hybridized carbons (Fsp3) is 0.188. The van der Waals surface area contributed by atoms with Crippen molar-refractivity contribution in [3.8, 4) is 5.75 Å². The van der Waals surface area contributed by atoms with Crippen LogP contribution in [0.4, 0.5) is 20.6 Å². The van der Waals surface area contributed by atoms with Gasteiger partial charge in [-0.25, -0.2) is 9.18 Å². The molecule has 2 aromatic rings. The van der Waals surface area contributed by atoms with E-state index in [0.29, 0.717) is 17.7 Å². The van der Waals surface area contributed by atoms with Gasteiger partial charge < -0.3 is 15.4 Å². The number of nitro benzene ring substituents is 1. The summed E-state index contributed by atoms with van der Waals surface area (Å²) in [6.45, 7) is 0.238. The van der Waals surface area contributed by atoms with E-state index in [1.165, 1.54) is 31.4 Å². The lowest BCUT2D eigenvalue weighted by Crippen LogP contribution is -2.30. The highest BCUT2D eigenvalue weighted by molar-refractivity contribution is 5.91. The number of nitrogens with zero attached hydrogens (tertiary/aromatic N) is 1. The van der Waals surface area contributed by atoms with Crippen LogP contribution in [0.25, 0.3) is 0 Å². The molecule has 0 saturated heterocycles. The van der Waals surface area contributed by atoms with Crippen molar-refractivity contribution < 1.29 is 18.8 Å². The van der Waals surface area contributed by atoms with Crippen LogP contribution in [-0.4, -0.2) is 24.6 Å². The summed E-state index contributed by atoms with van der Waals surface area (Å²) in [6.07, 6.45) is 0.345. The number of rotatable bonds is 6. The Morgan fingerprint density at radius 1 is 1.29 bits per heavy atom. The molecule has 0 bridgehead atoms. The van der Waals surface area contributed by atoms with Crippen molar-refractivity contribution in [2.75, 3.05) is 19.0 Å². The molecule has 7 nitrogen and oxygen atoms in total. The highest BCUT2D eigenvalue weighted by Gasteiger charge is 2.13. The first-order valence-corrected chi connectivity index (χ1v) is 7.12. The van der Waals surface area contributed by atoms with Crippen LogP contribution in [0.5, 0.6) is 5.75 Å². The summed E-state index contributed by atoms with van der Waals surface area (Å²) >= 11 is 0. The second kappa shape index (κ2) is 7.91. The summed E-state index contributed by atoms with van der Waals surface area (Å²) in [5.41, 5.74) is 0.662. The van der Waals surface area contributed by atoms with Gasteiger partial charge in [-0.05, 0) is 24.1 Å². The third-order valence-electron chi connectivity index (χ3n) is 3.28. The number of carbonyl (C=O) groups excluding carboxylic acids is 1. The first-order chi connectivity index (χ1) is 11.5. The number of hydrogen-bond acceptors (Lipinski definition) is 4. The number of nitro groups is 1. The summed E-state index contributed by atoms with van der Waals surface area (Å²) in [5.74, 6) is -0.148. The van der Waals surface area contributed by atoms with E-state index in [1.54, 1.807) is 18.2 Å². The number of halogens is 1. The SMILES string of the molecule is COc1cc([N+](=O)[O-])ccc1NC(=O)NCCc1ccccc1F. The molecule has 8 heteroatoms. The highest BCUT2D eigenvalue weighted by atomic mass is 19.1. The molecule has 126 valence electrons. The maximum atomic E-state index is 13.5. The Hall–Kier alpha value is -3.16. The van der Waals surface area contributed by atoms with Crippen molar-refractivity contribution in [3.05, 3.63) is 64.0 Å². The quantitative estimate of drug-likeness (QED) is 0.627. The zero-order valence-corrected chi connectivity index (χ0v) is 12.9. The molecule has 0 atom stereocenters. The molecule has 0 unspecified atom stereocenters. The number of non-ortho nitro benzene ring substituents is 1. The maximum absolute atomic E-state index is 13.5. The summed E-state index contributed by atoms with van der Waals surface area (Å²) in [7, 11) is 1.35. The van der Waals surface area contributed by atoms with Crippen LogP contribution in [0.15, 0.2) is 42.5 Å². The molecular weight excluding hydrogens is 317 g/mol. The number of hydrogen-bond donors (Lipinski definition) is 2. The molecule has 0 spiro atoms. The minimum absolute atomic E-state index is 0.141. The average Bonchev–Trinajstić information content (AvgIpc) is 2.56. The first-order valence-electron chi connectivity index (χ1n) is 7.12. The number of ether oxygens (including phenoxy) is 1. The van der Waals surface area contributed by atoms with Gasteiger partial charge in [0.1, 0.15) is 11.6 Å². The van der Waals surface area contributed by atoms with Crippen LogP contribution in [0, 0.1) is 15.9 Å². The Labute approximate surface area is 137 Å². The molecule has 0 aromatic heterocycles. The van der Waals surface area contributed by atoms with Crippen molar-refractivity contribution in [1.29, 1.82) is 0 Å². The molecule has 2 rings (SSSR count). The Bertz CT molecular complexity index is 752. The van der Waals surface area contributed by atoms with Crippen LogP contribution in [0.2, 0.25) is 0 Å². The summed E-state index contributed by atoms with van der Waals surface area (Å²) in [5, 5.41) is 15.9. The summed E-state index contributed by atoms with van der Waals surface area (Å²) < 4.78 is 18.5. The zero-order valence-electron chi connectivity index (χ0n) is 12.9. The van der Waals surface area contributed by atoms with E-state index in [9.17, 15) is 19.3 Å². The van der Waals surface area contributed by atoms with E-state index in [1.807, 2.05) is 0 Å². The van der Waals surface area contributed by atoms with Crippen molar-refractivity contribution in [2.45, 2.75) is 6.42 Å². The van der Waals surface area contributed by atoms with Gasteiger partial charge in [-0.3, -0.25) is 10.1 Å². The normalized spacial score (nSPS) is 10.1. The minimum atomic E-state index is -0.555. The number of anilines is 1. The van der Waals surface area contributed by atoms with E-state index >= 15 is 0 Å². The molecule has 0 saturated carbocycles. The van der Waals surface area contributed by atoms with E-state index in [4.69, 9.17) is 4.74 Å². The third-order valence-corrected chi connectivity index (χ3v) is 3.28. The Kier molecular flexibility index (Phi) is 5.67. The Morgan fingerprint density at radius 2 is 2.04 bits per heavy atom. The average molecular weight is 333 g/mol. The number of urea groups is 1. The fourth-order valence-corrected chi connectivity index (χ4v) is 2.08. The highest BCUT2D eigenvalue weighted by Crippen LogP contribution is 2.28. The van der Waals surface area contributed by atoms with Gasteiger partial charge in [-0.15, -0.1) is 0 Å². The minimum Gasteiger partial charge on any atom is -0.494 e. The van der Waals surface area contributed by atoms with Crippen LogP contribution >= 0.6 is 0 Å². The molecule has 24 heavy (non-hydrogen) atoms. The molecular formula is C16H16FN3O4. The van der Waals surface area contributed by atoms with Crippen LogP contribution in [0.3, 0.4) is 0 Å². The monoisotopic (exact) mass is 333 g/mol. The van der Waals surface area contributed by atoms with Crippen molar-refractivity contribution in [2.24, 2.45) is 0 Å². The van der Waals surface area contributed by atoms with Gasteiger partial charge >= 0.3 is 6.03 Å². The second-order valence-corrected chi connectivity index (χ2v) is 4.86. The number of carbonyl (C=O) groups is 1. The predicted octanol–water partition coefficient (Wildman–Crippen LogP) is 3.11. The number of amides is 2. The molecule has 0 heterocycles. The van der Waals surface area contributed by atoms with Gasteiger partial charge in [0.05, 0.1) is 23.8 Å². The smallest absolute Gasteiger partial charge is 0.319 e. The molecule has 0 aliphatic rings. The van der Waals surface area contributed by atoms with Crippen LogP contribution < -0.4 is 15.4 Å². The van der Waals surface area contributed by atoms with Gasteiger partial charge in [-0.2, -0.15) is 0 Å². The van der Waals surface area contributed by atoms with Gasteiger partial charge in [0.15, 0.2) is 0 Å². The van der Waals surface area contributed by atoms with Crippen molar-refractivity contribution in [1.82, 2.24) is 5.32 Å². The lowest BCUT2D eigenvalue weighted by Gasteiger charge is -2.11. The summed E-state index contributed by atoms with van der Waals surface area (Å²) in [4.78, 5) is 22.0. The molecule has 0 radical (unpaired) electrons. The van der Waals surface area contributed by atoms with Crippen LogP contribution in [-0.2, 0) is 6.42 Å². The molecule has 2 amide bonds. The molecule has 0 fully saturated rings. The largest absolute Gasteiger partial charge is 0.494 e. The zero-order chi connectivity index (χ0) is 17.5. The lowest BCUT2D eigenvalue weighted by atomic mass is 10.1. The van der Waals surface area contributed by atoms with Crippen molar-refractivity contribution >= 4 is 17.4 Å². The summed E-state index contributed by atoms with van der Waals surface area (Å²) in [6, 6.07) is 9.67. The topological polar surface area (TPSA) is 93.5 Å². The standard InChI is InChI=1S/C16H16FN3O4/c1-24-15-10-12(20(22)23)6-7-14(15)19-16(21)18-9-8-11-4-2-3-5-13(11)17/h2-7,10H,8-9H2,1H3,(H2,18,19,21). The number of benzene rings is 2. The van der Waals surface area contributed by atoms with Gasteiger partial charge in [0.25, 0.3) is 5.69 Å². The maximum Gasteiger partial charge on any atom is 0.319 e. The number of nitrogens with one attached hydrogen (secondary N) is 2. The van der Waals surface area contributed by atoms with Gasteiger partial charge in [0.2, 0.25) is 0 Å². The Balaban J connectivity index is 1.92. The first kappa shape index (κ1) is 17.2. The van der Waals surface area contributed by atoms with Gasteiger partial charge in [0, 0.05) is 12.6 Å². The lowest BCUT2D eigenvalue weighted by molar-refractivity contribution is -0.384. The van der Waals surface area contributed by atoms with E-state index in [2.05, 4.69) is 10.6 Å². The fourth-order valence-electron chi connectivity index (χ4n) is 2.08. The van der Waals surface area contributed by atoms with Gasteiger partial charge in [-0.1, -0.05) is 18.2 Å². The molecule has 2 aromatic carbocycles. The molecule has 0 aliphatic carbocycles.